The number of carbonyl (C=O) groups excluding carboxylic acids is 1. The Morgan fingerprint density at radius 1 is 1.29 bits per heavy atom. The van der Waals surface area contributed by atoms with Gasteiger partial charge in [0, 0.05) is 18.3 Å². The van der Waals surface area contributed by atoms with Crippen molar-refractivity contribution in [1.29, 1.82) is 0 Å². The Balaban J connectivity index is 1.49. The fourth-order valence-electron chi connectivity index (χ4n) is 4.18. The number of anilines is 2. The number of nitrogens with zero attached hydrogens (tertiary/aromatic N) is 3. The SMILES string of the molecule is Cc1ccc2c(c1)CCCN2CC(=O)Nc1cc(C)nn1C1CCS(=O)(=O)C1. The van der Waals surface area contributed by atoms with Crippen LogP contribution in [-0.4, -0.2) is 48.7 Å². The van der Waals surface area contributed by atoms with Crippen molar-refractivity contribution in [1.82, 2.24) is 9.78 Å². The van der Waals surface area contributed by atoms with Gasteiger partial charge in [-0.25, -0.2) is 13.1 Å². The van der Waals surface area contributed by atoms with E-state index < -0.39 is 9.84 Å². The summed E-state index contributed by atoms with van der Waals surface area (Å²) >= 11 is 0. The third kappa shape index (κ3) is 3.92. The molecule has 1 amide bonds. The van der Waals surface area contributed by atoms with Gasteiger partial charge in [-0.05, 0) is 44.7 Å². The molecule has 1 aromatic heterocycles. The first-order valence-electron chi connectivity index (χ1n) is 9.72. The van der Waals surface area contributed by atoms with Gasteiger partial charge in [0.05, 0.1) is 29.8 Å². The van der Waals surface area contributed by atoms with Gasteiger partial charge in [0.15, 0.2) is 9.84 Å². The number of rotatable bonds is 4. The molecule has 0 bridgehead atoms. The van der Waals surface area contributed by atoms with E-state index in [1.807, 2.05) is 6.92 Å². The number of aryl methyl sites for hydroxylation is 3. The largest absolute Gasteiger partial charge is 0.362 e. The molecule has 2 aliphatic heterocycles. The van der Waals surface area contributed by atoms with Gasteiger partial charge in [-0.1, -0.05) is 17.7 Å². The molecule has 1 saturated heterocycles. The molecule has 1 fully saturated rings. The van der Waals surface area contributed by atoms with Crippen molar-refractivity contribution in [3.63, 3.8) is 0 Å². The van der Waals surface area contributed by atoms with E-state index in [4.69, 9.17) is 0 Å². The van der Waals surface area contributed by atoms with Crippen LogP contribution in [0.3, 0.4) is 0 Å². The number of benzene rings is 1. The molecule has 7 nitrogen and oxygen atoms in total. The standard InChI is InChI=1S/C20H26N4O3S/c1-14-5-6-18-16(10-14)4-3-8-23(18)12-20(25)21-19-11-15(2)22-24(19)17-7-9-28(26,27)13-17/h5-6,10-11,17H,3-4,7-9,12-13H2,1-2H3,(H,21,25). The summed E-state index contributed by atoms with van der Waals surface area (Å²) in [6.45, 7) is 5.04. The van der Waals surface area contributed by atoms with Crippen LogP contribution in [0.4, 0.5) is 11.5 Å². The quantitative estimate of drug-likeness (QED) is 0.848. The Hall–Kier alpha value is -2.35. The van der Waals surface area contributed by atoms with Crippen LogP contribution in [0, 0.1) is 13.8 Å². The molecule has 1 atom stereocenters. The molecule has 3 heterocycles. The smallest absolute Gasteiger partial charge is 0.245 e. The molecule has 8 heteroatoms. The highest BCUT2D eigenvalue weighted by Crippen LogP contribution is 2.29. The molecule has 4 rings (SSSR count). The Bertz CT molecular complexity index is 1010. The molecule has 0 aliphatic carbocycles. The normalized spacial score (nSPS) is 20.8. The number of amides is 1. The number of hydrogen-bond donors (Lipinski definition) is 1. The number of carbonyl (C=O) groups is 1. The van der Waals surface area contributed by atoms with E-state index in [0.29, 0.717) is 12.2 Å². The van der Waals surface area contributed by atoms with E-state index in [2.05, 4.69) is 40.4 Å². The lowest BCUT2D eigenvalue weighted by atomic mass is 9.99. The zero-order valence-electron chi connectivity index (χ0n) is 16.3. The second-order valence-corrected chi connectivity index (χ2v) is 10.1. The minimum Gasteiger partial charge on any atom is -0.362 e. The molecule has 0 spiro atoms. The summed E-state index contributed by atoms with van der Waals surface area (Å²) in [6, 6.07) is 7.95. The van der Waals surface area contributed by atoms with Gasteiger partial charge >= 0.3 is 0 Å². The van der Waals surface area contributed by atoms with E-state index in [1.165, 1.54) is 11.1 Å². The maximum atomic E-state index is 12.7. The predicted octanol–water partition coefficient (Wildman–Crippen LogP) is 2.25. The number of sulfone groups is 1. The highest BCUT2D eigenvalue weighted by molar-refractivity contribution is 7.91. The van der Waals surface area contributed by atoms with Gasteiger partial charge in [-0.2, -0.15) is 5.10 Å². The van der Waals surface area contributed by atoms with Crippen molar-refractivity contribution in [2.45, 2.75) is 39.2 Å². The number of aromatic nitrogens is 2. The summed E-state index contributed by atoms with van der Waals surface area (Å²) < 4.78 is 25.3. The minimum absolute atomic E-state index is 0.0792. The van der Waals surface area contributed by atoms with E-state index in [9.17, 15) is 13.2 Å². The third-order valence-corrected chi connectivity index (χ3v) is 7.21. The molecule has 28 heavy (non-hydrogen) atoms. The molecule has 1 aromatic carbocycles. The van der Waals surface area contributed by atoms with Crippen LogP contribution in [0.15, 0.2) is 24.3 Å². The Morgan fingerprint density at radius 2 is 2.11 bits per heavy atom. The Kier molecular flexibility index (Phi) is 4.91. The van der Waals surface area contributed by atoms with Crippen molar-refractivity contribution in [2.24, 2.45) is 0 Å². The second kappa shape index (κ2) is 7.24. The summed E-state index contributed by atoms with van der Waals surface area (Å²) in [4.78, 5) is 14.9. The highest BCUT2D eigenvalue weighted by Gasteiger charge is 2.31. The van der Waals surface area contributed by atoms with Gasteiger partial charge in [-0.15, -0.1) is 0 Å². The fourth-order valence-corrected chi connectivity index (χ4v) is 5.87. The van der Waals surface area contributed by atoms with Gasteiger partial charge in [0.2, 0.25) is 5.91 Å². The molecular formula is C20H26N4O3S. The first-order valence-corrected chi connectivity index (χ1v) is 11.5. The topological polar surface area (TPSA) is 84.3 Å². The number of nitrogens with one attached hydrogen (secondary N) is 1. The molecule has 1 unspecified atom stereocenters. The fraction of sp³-hybridized carbons (Fsp3) is 0.500. The number of hydrogen-bond acceptors (Lipinski definition) is 5. The van der Waals surface area contributed by atoms with E-state index >= 15 is 0 Å². The minimum atomic E-state index is -3.02. The average Bonchev–Trinajstić information content (AvgIpc) is 3.16. The van der Waals surface area contributed by atoms with Crippen LogP contribution >= 0.6 is 0 Å². The Labute approximate surface area is 165 Å². The lowest BCUT2D eigenvalue weighted by Crippen LogP contribution is -2.37. The van der Waals surface area contributed by atoms with Crippen LogP contribution in [0.2, 0.25) is 0 Å². The third-order valence-electron chi connectivity index (χ3n) is 5.46. The highest BCUT2D eigenvalue weighted by atomic mass is 32.2. The first kappa shape index (κ1) is 19.0. The van der Waals surface area contributed by atoms with Gasteiger partial charge < -0.3 is 10.2 Å². The summed E-state index contributed by atoms with van der Waals surface area (Å²) in [5.41, 5.74) is 4.41. The van der Waals surface area contributed by atoms with Crippen molar-refractivity contribution in [3.05, 3.63) is 41.1 Å². The van der Waals surface area contributed by atoms with Crippen molar-refractivity contribution in [3.8, 4) is 0 Å². The maximum Gasteiger partial charge on any atom is 0.245 e. The van der Waals surface area contributed by atoms with Gasteiger partial charge in [-0.3, -0.25) is 4.79 Å². The summed E-state index contributed by atoms with van der Waals surface area (Å²) in [7, 11) is -3.02. The molecule has 150 valence electrons. The van der Waals surface area contributed by atoms with Crippen molar-refractivity contribution in [2.75, 3.05) is 34.8 Å². The molecule has 0 saturated carbocycles. The first-order chi connectivity index (χ1) is 13.3. The zero-order valence-corrected chi connectivity index (χ0v) is 17.1. The number of fused-ring (bicyclic) bond motifs is 1. The molecule has 1 N–H and O–H groups in total. The summed E-state index contributed by atoms with van der Waals surface area (Å²) in [5, 5.41) is 7.38. The van der Waals surface area contributed by atoms with Gasteiger partial charge in [0.1, 0.15) is 5.82 Å². The van der Waals surface area contributed by atoms with Crippen LogP contribution in [0.25, 0.3) is 0 Å². The van der Waals surface area contributed by atoms with Crippen LogP contribution in [0.1, 0.15) is 35.7 Å². The average molecular weight is 403 g/mol. The van der Waals surface area contributed by atoms with Crippen LogP contribution in [-0.2, 0) is 21.1 Å². The summed E-state index contributed by atoms with van der Waals surface area (Å²) in [5.74, 6) is 0.713. The van der Waals surface area contributed by atoms with E-state index in [1.54, 1.807) is 10.7 Å². The van der Waals surface area contributed by atoms with E-state index in [0.717, 1.165) is 30.8 Å². The lowest BCUT2D eigenvalue weighted by molar-refractivity contribution is -0.115. The van der Waals surface area contributed by atoms with Crippen LogP contribution < -0.4 is 10.2 Å². The zero-order chi connectivity index (χ0) is 19.9. The second-order valence-electron chi connectivity index (χ2n) is 7.88. The van der Waals surface area contributed by atoms with E-state index in [-0.39, 0.29) is 30.0 Å². The molecular weight excluding hydrogens is 376 g/mol. The summed E-state index contributed by atoms with van der Waals surface area (Å²) in [6.07, 6.45) is 2.60. The Morgan fingerprint density at radius 3 is 2.86 bits per heavy atom. The molecule has 0 radical (unpaired) electrons. The van der Waals surface area contributed by atoms with Crippen molar-refractivity contribution >= 4 is 27.2 Å². The monoisotopic (exact) mass is 402 g/mol. The predicted molar refractivity (Wildman–Crippen MR) is 110 cm³/mol. The maximum absolute atomic E-state index is 12.7. The molecule has 2 aromatic rings. The molecule has 2 aliphatic rings. The van der Waals surface area contributed by atoms with Crippen molar-refractivity contribution < 1.29 is 13.2 Å². The van der Waals surface area contributed by atoms with Gasteiger partial charge in [0.25, 0.3) is 0 Å². The lowest BCUT2D eigenvalue weighted by Gasteiger charge is -2.31. The van der Waals surface area contributed by atoms with Crippen LogP contribution in [0.5, 0.6) is 0 Å².